The summed E-state index contributed by atoms with van der Waals surface area (Å²) in [6.07, 6.45) is 1.68. The first-order valence-corrected chi connectivity index (χ1v) is 15.4. The van der Waals surface area contributed by atoms with Crippen LogP contribution in [0.15, 0.2) is 76.7 Å². The molecule has 0 saturated heterocycles. The van der Waals surface area contributed by atoms with E-state index in [2.05, 4.69) is 10.3 Å². The number of benzene rings is 2. The smallest absolute Gasteiger partial charge is 0.408 e. The summed E-state index contributed by atoms with van der Waals surface area (Å²) in [6.45, 7) is 5.44. The standard InChI is InChI=1S/C27H27N3O7S2/c1-27(2,3)37-26(31)29-22-16-36-25-19(22)11-13-23-20(25)14-24(21-12-10-18(15-28-21)38(4,32)33)30(23)39(34,35)17-8-6-5-7-9-17/h5-15,22H,16H2,1-4H3,(H,29,31). The van der Waals surface area contributed by atoms with E-state index in [1.165, 1.54) is 34.4 Å². The molecule has 0 bridgehead atoms. The van der Waals surface area contributed by atoms with Gasteiger partial charge in [0.05, 0.1) is 32.7 Å². The number of sulfone groups is 1. The second-order valence-corrected chi connectivity index (χ2v) is 14.0. The minimum absolute atomic E-state index is 0.0140. The number of nitrogens with one attached hydrogen (secondary N) is 1. The molecule has 204 valence electrons. The number of alkyl carbamates (subject to hydrolysis) is 1. The Morgan fingerprint density at radius 3 is 2.36 bits per heavy atom. The van der Waals surface area contributed by atoms with Gasteiger partial charge in [0.15, 0.2) is 9.84 Å². The number of rotatable bonds is 5. The van der Waals surface area contributed by atoms with Gasteiger partial charge in [-0.05, 0) is 57.2 Å². The molecule has 0 aliphatic carbocycles. The van der Waals surface area contributed by atoms with Gasteiger partial charge in [-0.3, -0.25) is 4.98 Å². The molecule has 0 fully saturated rings. The summed E-state index contributed by atoms with van der Waals surface area (Å²) >= 11 is 0. The summed E-state index contributed by atoms with van der Waals surface area (Å²) in [6, 6.07) is 15.3. The number of carbonyl (C=O) groups excluding carboxylic acids is 1. The number of hydrogen-bond donors (Lipinski definition) is 1. The van der Waals surface area contributed by atoms with Crippen LogP contribution in [0, 0.1) is 0 Å². The lowest BCUT2D eigenvalue weighted by Crippen LogP contribution is -2.35. The molecule has 1 amide bonds. The Morgan fingerprint density at radius 1 is 1.03 bits per heavy atom. The first-order chi connectivity index (χ1) is 18.3. The third-order valence-corrected chi connectivity index (χ3v) is 8.93. The predicted octanol–water partition coefficient (Wildman–Crippen LogP) is 4.30. The van der Waals surface area contributed by atoms with Crippen molar-refractivity contribution >= 4 is 36.9 Å². The largest absolute Gasteiger partial charge is 0.490 e. The van der Waals surface area contributed by atoms with Crippen LogP contribution in [0.1, 0.15) is 32.4 Å². The molecule has 12 heteroatoms. The Morgan fingerprint density at radius 2 is 1.74 bits per heavy atom. The number of pyridine rings is 1. The second kappa shape index (κ2) is 9.38. The van der Waals surface area contributed by atoms with E-state index in [1.807, 2.05) is 0 Å². The third-order valence-electron chi connectivity index (χ3n) is 6.09. The van der Waals surface area contributed by atoms with E-state index in [1.54, 1.807) is 57.2 Å². The second-order valence-electron chi connectivity index (χ2n) is 10.2. The number of hydrogen-bond acceptors (Lipinski definition) is 8. The zero-order valence-electron chi connectivity index (χ0n) is 21.7. The van der Waals surface area contributed by atoms with Crippen molar-refractivity contribution in [3.63, 3.8) is 0 Å². The lowest BCUT2D eigenvalue weighted by molar-refractivity contribution is 0.0497. The van der Waals surface area contributed by atoms with Gasteiger partial charge in [-0.1, -0.05) is 24.3 Å². The number of carbonyl (C=O) groups is 1. The number of fused-ring (bicyclic) bond motifs is 3. The van der Waals surface area contributed by atoms with Crippen LogP contribution in [0.25, 0.3) is 22.3 Å². The molecule has 2 aromatic heterocycles. The first-order valence-electron chi connectivity index (χ1n) is 12.0. The van der Waals surface area contributed by atoms with Crippen LogP contribution in [0.5, 0.6) is 5.75 Å². The quantitative estimate of drug-likeness (QED) is 0.376. The Bertz CT molecular complexity index is 1790. The molecular formula is C27H27N3O7S2. The van der Waals surface area contributed by atoms with Crippen molar-refractivity contribution in [2.45, 2.75) is 42.2 Å². The predicted molar refractivity (Wildman–Crippen MR) is 145 cm³/mol. The molecule has 1 N–H and O–H groups in total. The normalized spacial score (nSPS) is 15.5. The molecule has 39 heavy (non-hydrogen) atoms. The Hall–Kier alpha value is -3.90. The number of aromatic nitrogens is 2. The summed E-state index contributed by atoms with van der Waals surface area (Å²) in [5.41, 5.74) is 0.838. The maximum Gasteiger partial charge on any atom is 0.408 e. The Kier molecular flexibility index (Phi) is 6.42. The first kappa shape index (κ1) is 26.7. The van der Waals surface area contributed by atoms with Crippen molar-refractivity contribution in [2.75, 3.05) is 12.9 Å². The number of amides is 1. The lowest BCUT2D eigenvalue weighted by Gasteiger charge is -2.21. The van der Waals surface area contributed by atoms with Crippen LogP contribution in [0.2, 0.25) is 0 Å². The highest BCUT2D eigenvalue weighted by atomic mass is 32.2. The van der Waals surface area contributed by atoms with Gasteiger partial charge in [-0.15, -0.1) is 0 Å². The van der Waals surface area contributed by atoms with Crippen molar-refractivity contribution in [2.24, 2.45) is 0 Å². The molecule has 5 rings (SSSR count). The van der Waals surface area contributed by atoms with Crippen LogP contribution in [0.3, 0.4) is 0 Å². The fraction of sp³-hybridized carbons (Fsp3) is 0.259. The maximum absolute atomic E-state index is 13.9. The van der Waals surface area contributed by atoms with Gasteiger partial charge in [-0.25, -0.2) is 25.6 Å². The third kappa shape index (κ3) is 5.09. The maximum atomic E-state index is 13.9. The van der Waals surface area contributed by atoms with Crippen molar-refractivity contribution in [3.8, 4) is 17.1 Å². The average molecular weight is 570 g/mol. The molecule has 4 aromatic rings. The molecule has 2 aromatic carbocycles. The fourth-order valence-corrected chi connectivity index (χ4v) is 6.49. The zero-order valence-corrected chi connectivity index (χ0v) is 23.3. The highest BCUT2D eigenvalue weighted by Crippen LogP contribution is 2.43. The van der Waals surface area contributed by atoms with E-state index < -0.39 is 37.6 Å². The molecule has 0 saturated carbocycles. The van der Waals surface area contributed by atoms with E-state index in [9.17, 15) is 21.6 Å². The van der Waals surface area contributed by atoms with E-state index in [0.29, 0.717) is 22.2 Å². The fourth-order valence-electron chi connectivity index (χ4n) is 4.39. The Balaban J connectivity index is 1.67. The molecule has 3 heterocycles. The minimum atomic E-state index is -4.10. The van der Waals surface area contributed by atoms with Gasteiger partial charge in [0, 0.05) is 23.4 Å². The van der Waals surface area contributed by atoms with Crippen LogP contribution < -0.4 is 10.1 Å². The SMILES string of the molecule is CC(C)(C)OC(=O)NC1COc2c1ccc1c2cc(-c2ccc(S(C)(=O)=O)cn2)n1S(=O)(=O)c1ccccc1. The molecule has 1 aliphatic rings. The molecule has 0 spiro atoms. The van der Waals surface area contributed by atoms with E-state index in [-0.39, 0.29) is 27.8 Å². The summed E-state index contributed by atoms with van der Waals surface area (Å²) in [4.78, 5) is 16.8. The minimum Gasteiger partial charge on any atom is -0.490 e. The molecule has 1 atom stereocenters. The summed E-state index contributed by atoms with van der Waals surface area (Å²) < 4.78 is 64.2. The Labute approximate surface area is 226 Å². The highest BCUT2D eigenvalue weighted by Gasteiger charge is 2.32. The zero-order chi connectivity index (χ0) is 28.2. The van der Waals surface area contributed by atoms with Gasteiger partial charge in [0.25, 0.3) is 10.0 Å². The highest BCUT2D eigenvalue weighted by molar-refractivity contribution is 7.90. The van der Waals surface area contributed by atoms with E-state index in [4.69, 9.17) is 9.47 Å². The van der Waals surface area contributed by atoms with Gasteiger partial charge in [-0.2, -0.15) is 0 Å². The molecular weight excluding hydrogens is 542 g/mol. The van der Waals surface area contributed by atoms with Crippen LogP contribution in [0.4, 0.5) is 4.79 Å². The van der Waals surface area contributed by atoms with Crippen molar-refractivity contribution in [1.82, 2.24) is 14.3 Å². The van der Waals surface area contributed by atoms with Crippen molar-refractivity contribution < 1.29 is 31.1 Å². The average Bonchev–Trinajstić information content (AvgIpc) is 3.45. The van der Waals surface area contributed by atoms with E-state index in [0.717, 1.165) is 6.26 Å². The van der Waals surface area contributed by atoms with Crippen LogP contribution in [-0.2, 0) is 24.6 Å². The summed E-state index contributed by atoms with van der Waals surface area (Å²) in [5, 5.41) is 3.31. The van der Waals surface area contributed by atoms with Crippen molar-refractivity contribution in [3.05, 3.63) is 72.4 Å². The summed E-state index contributed by atoms with van der Waals surface area (Å²) in [7, 11) is -7.59. The summed E-state index contributed by atoms with van der Waals surface area (Å²) in [5.74, 6) is 0.435. The van der Waals surface area contributed by atoms with Gasteiger partial charge >= 0.3 is 6.09 Å². The van der Waals surface area contributed by atoms with Gasteiger partial charge < -0.3 is 14.8 Å². The van der Waals surface area contributed by atoms with Crippen molar-refractivity contribution in [1.29, 1.82) is 0 Å². The number of ether oxygens (including phenoxy) is 2. The van der Waals surface area contributed by atoms with E-state index >= 15 is 0 Å². The topological polar surface area (TPSA) is 134 Å². The van der Waals surface area contributed by atoms with Crippen LogP contribution in [-0.4, -0.2) is 50.3 Å². The molecule has 10 nitrogen and oxygen atoms in total. The van der Waals surface area contributed by atoms with Gasteiger partial charge in [0.1, 0.15) is 18.0 Å². The molecule has 1 unspecified atom stereocenters. The monoisotopic (exact) mass is 569 g/mol. The number of nitrogens with zero attached hydrogens (tertiary/aromatic N) is 2. The van der Waals surface area contributed by atoms with Crippen LogP contribution >= 0.6 is 0 Å². The lowest BCUT2D eigenvalue weighted by atomic mass is 10.1. The molecule has 1 aliphatic heterocycles. The van der Waals surface area contributed by atoms with Gasteiger partial charge in [0.2, 0.25) is 0 Å². The molecule has 0 radical (unpaired) electrons.